The molecule has 8 heteroatoms. The highest BCUT2D eigenvalue weighted by Gasteiger charge is 2.26. The van der Waals surface area contributed by atoms with E-state index in [1.807, 2.05) is 6.07 Å². The maximum absolute atomic E-state index is 6.37. The van der Waals surface area contributed by atoms with E-state index >= 15 is 0 Å². The van der Waals surface area contributed by atoms with Gasteiger partial charge in [0.05, 0.1) is 16.8 Å². The van der Waals surface area contributed by atoms with Crippen LogP contribution in [0.2, 0.25) is 5.15 Å². The minimum absolute atomic E-state index is 0.00707. The number of thiophene rings is 1. The topological polar surface area (TPSA) is 73.3 Å². The minimum atomic E-state index is -0.00707. The molecule has 0 amide bonds. The maximum Gasteiger partial charge on any atom is 0.177 e. The summed E-state index contributed by atoms with van der Waals surface area (Å²) in [6, 6.07) is 5.91. The predicted molar refractivity (Wildman–Crippen MR) is 109 cm³/mol. The molecule has 3 aromatic rings. The Morgan fingerprint density at radius 2 is 2.38 bits per heavy atom. The number of fused-ring (bicyclic) bond motifs is 1. The monoisotopic (exact) mass is 455 g/mol. The van der Waals surface area contributed by atoms with Gasteiger partial charge in [0.1, 0.15) is 16.4 Å². The molecule has 26 heavy (non-hydrogen) atoms. The number of nitrogens with one attached hydrogen (secondary N) is 1. The Labute approximate surface area is 169 Å². The number of nitrogens with zero attached hydrogens (tertiary/aromatic N) is 1. The van der Waals surface area contributed by atoms with Crippen molar-refractivity contribution in [2.24, 2.45) is 11.7 Å². The van der Waals surface area contributed by atoms with Gasteiger partial charge in [0, 0.05) is 36.6 Å². The van der Waals surface area contributed by atoms with Crippen LogP contribution in [0.1, 0.15) is 17.1 Å². The molecule has 4 heterocycles. The molecule has 0 spiro atoms. The molecule has 1 saturated heterocycles. The molecule has 138 valence electrons. The van der Waals surface area contributed by atoms with E-state index in [0.29, 0.717) is 29.6 Å². The standard InChI is InChI=1S/C18H19BrClN3O2S/c19-16-14(6-12(21)10-3-4-24-9-10)25-18-13(7-15(20)23-17(16)18)22-8-11-2-1-5-26-11/h1-2,5,7,10,12H,3-4,6,8-9,21H2,(H,22,23)/t10-,12+/m1/s1. The van der Waals surface area contributed by atoms with E-state index in [4.69, 9.17) is 26.5 Å². The van der Waals surface area contributed by atoms with Crippen LogP contribution in [0.25, 0.3) is 11.1 Å². The lowest BCUT2D eigenvalue weighted by Crippen LogP contribution is -2.32. The van der Waals surface area contributed by atoms with Gasteiger partial charge < -0.3 is 20.2 Å². The number of pyridine rings is 1. The molecule has 5 nitrogen and oxygen atoms in total. The summed E-state index contributed by atoms with van der Waals surface area (Å²) >= 11 is 11.5. The van der Waals surface area contributed by atoms with Crippen molar-refractivity contribution in [2.75, 3.05) is 18.5 Å². The highest BCUT2D eigenvalue weighted by Crippen LogP contribution is 2.37. The highest BCUT2D eigenvalue weighted by molar-refractivity contribution is 9.10. The average Bonchev–Trinajstić information content (AvgIpc) is 3.36. The van der Waals surface area contributed by atoms with Crippen molar-refractivity contribution in [2.45, 2.75) is 25.4 Å². The van der Waals surface area contributed by atoms with Crippen molar-refractivity contribution < 1.29 is 9.15 Å². The smallest absolute Gasteiger partial charge is 0.177 e. The first-order valence-electron chi connectivity index (χ1n) is 8.49. The van der Waals surface area contributed by atoms with E-state index in [1.165, 1.54) is 4.88 Å². The Morgan fingerprint density at radius 1 is 1.50 bits per heavy atom. The van der Waals surface area contributed by atoms with E-state index in [-0.39, 0.29) is 6.04 Å². The van der Waals surface area contributed by atoms with Gasteiger partial charge in [-0.25, -0.2) is 4.98 Å². The first kappa shape index (κ1) is 18.3. The first-order valence-corrected chi connectivity index (χ1v) is 10.5. The normalized spacial score (nSPS) is 18.5. The predicted octanol–water partition coefficient (Wildman–Crippen LogP) is 4.82. The largest absolute Gasteiger partial charge is 0.456 e. The molecule has 0 saturated carbocycles. The van der Waals surface area contributed by atoms with Crippen LogP contribution in [-0.2, 0) is 17.7 Å². The second-order valence-corrected chi connectivity index (χ2v) is 8.65. The van der Waals surface area contributed by atoms with Crippen molar-refractivity contribution in [3.63, 3.8) is 0 Å². The molecule has 3 aromatic heterocycles. The Balaban J connectivity index is 1.61. The van der Waals surface area contributed by atoms with Gasteiger partial charge in [-0.2, -0.15) is 0 Å². The Kier molecular flexibility index (Phi) is 5.52. The zero-order valence-electron chi connectivity index (χ0n) is 14.0. The zero-order valence-corrected chi connectivity index (χ0v) is 17.2. The summed E-state index contributed by atoms with van der Waals surface area (Å²) in [5.41, 5.74) is 8.62. The molecule has 1 aliphatic rings. The van der Waals surface area contributed by atoms with Crippen LogP contribution >= 0.6 is 38.9 Å². The Morgan fingerprint density at radius 3 is 3.12 bits per heavy atom. The van der Waals surface area contributed by atoms with Crippen LogP contribution in [0.3, 0.4) is 0 Å². The molecule has 0 radical (unpaired) electrons. The highest BCUT2D eigenvalue weighted by atomic mass is 79.9. The summed E-state index contributed by atoms with van der Waals surface area (Å²) in [6.45, 7) is 2.21. The van der Waals surface area contributed by atoms with Crippen molar-refractivity contribution >= 4 is 55.7 Å². The number of rotatable bonds is 6. The van der Waals surface area contributed by atoms with Gasteiger partial charge in [0.25, 0.3) is 0 Å². The van der Waals surface area contributed by atoms with Crippen LogP contribution in [0.4, 0.5) is 5.69 Å². The molecule has 1 fully saturated rings. The molecule has 0 unspecified atom stereocenters. The van der Waals surface area contributed by atoms with Gasteiger partial charge in [-0.3, -0.25) is 0 Å². The molecule has 3 N–H and O–H groups in total. The fourth-order valence-corrected chi connectivity index (χ4v) is 4.53. The van der Waals surface area contributed by atoms with Crippen LogP contribution < -0.4 is 11.1 Å². The number of aromatic nitrogens is 1. The third-order valence-corrected chi connectivity index (χ3v) is 6.53. The van der Waals surface area contributed by atoms with Crippen molar-refractivity contribution in [3.8, 4) is 0 Å². The molecule has 4 rings (SSSR count). The molecule has 2 atom stereocenters. The van der Waals surface area contributed by atoms with E-state index < -0.39 is 0 Å². The lowest BCUT2D eigenvalue weighted by Gasteiger charge is -2.16. The molecular formula is C18H19BrClN3O2S. The number of anilines is 1. The fourth-order valence-electron chi connectivity index (χ4n) is 3.18. The second kappa shape index (κ2) is 7.86. The maximum atomic E-state index is 6.37. The van der Waals surface area contributed by atoms with E-state index in [1.54, 1.807) is 17.4 Å². The van der Waals surface area contributed by atoms with Gasteiger partial charge in [0.15, 0.2) is 5.58 Å². The van der Waals surface area contributed by atoms with Gasteiger partial charge in [0.2, 0.25) is 0 Å². The number of halogens is 2. The SMILES string of the molecule is N[C@@H](Cc1oc2c(NCc3cccs3)cc(Cl)nc2c1Br)[C@@H]1CCOC1. The summed E-state index contributed by atoms with van der Waals surface area (Å²) in [7, 11) is 0. The summed E-state index contributed by atoms with van der Waals surface area (Å²) in [5.74, 6) is 1.16. The first-order chi connectivity index (χ1) is 12.6. The van der Waals surface area contributed by atoms with Crippen LogP contribution in [0.15, 0.2) is 32.5 Å². The van der Waals surface area contributed by atoms with Crippen LogP contribution in [0, 0.1) is 5.92 Å². The lowest BCUT2D eigenvalue weighted by molar-refractivity contribution is 0.180. The summed E-state index contributed by atoms with van der Waals surface area (Å²) in [5, 5.41) is 5.88. The van der Waals surface area contributed by atoms with Crippen molar-refractivity contribution in [1.82, 2.24) is 4.98 Å². The minimum Gasteiger partial charge on any atom is -0.456 e. The fraction of sp³-hybridized carbons (Fsp3) is 0.389. The molecular weight excluding hydrogens is 438 g/mol. The number of furan rings is 1. The quantitative estimate of drug-likeness (QED) is 0.520. The molecule has 0 aliphatic carbocycles. The van der Waals surface area contributed by atoms with Crippen molar-refractivity contribution in [1.29, 1.82) is 0 Å². The van der Waals surface area contributed by atoms with Crippen molar-refractivity contribution in [3.05, 3.63) is 43.8 Å². The summed E-state index contributed by atoms with van der Waals surface area (Å²) < 4.78 is 12.4. The lowest BCUT2D eigenvalue weighted by atomic mass is 9.96. The third kappa shape index (κ3) is 3.77. The van der Waals surface area contributed by atoms with Gasteiger partial charge in [-0.1, -0.05) is 17.7 Å². The number of hydrogen-bond acceptors (Lipinski definition) is 6. The molecule has 0 aromatic carbocycles. The molecule has 0 bridgehead atoms. The van der Waals surface area contributed by atoms with Gasteiger partial charge >= 0.3 is 0 Å². The molecule has 1 aliphatic heterocycles. The van der Waals surface area contributed by atoms with Gasteiger partial charge in [-0.15, -0.1) is 11.3 Å². The van der Waals surface area contributed by atoms with E-state index in [9.17, 15) is 0 Å². The number of nitrogens with two attached hydrogens (primary N) is 1. The van der Waals surface area contributed by atoms with Gasteiger partial charge in [-0.05, 0) is 39.7 Å². The van der Waals surface area contributed by atoms with Crippen LogP contribution in [0.5, 0.6) is 0 Å². The summed E-state index contributed by atoms with van der Waals surface area (Å²) in [4.78, 5) is 5.66. The number of hydrogen-bond donors (Lipinski definition) is 2. The second-order valence-electron chi connectivity index (χ2n) is 6.43. The summed E-state index contributed by atoms with van der Waals surface area (Å²) in [6.07, 6.45) is 1.63. The van der Waals surface area contributed by atoms with E-state index in [0.717, 1.165) is 41.1 Å². The van der Waals surface area contributed by atoms with E-state index in [2.05, 4.69) is 37.7 Å². The average molecular weight is 457 g/mol. The Hall–Kier alpha value is -1.12. The zero-order chi connectivity index (χ0) is 18.1. The number of ether oxygens (including phenoxy) is 1. The van der Waals surface area contributed by atoms with Crippen LogP contribution in [-0.4, -0.2) is 24.2 Å². The Bertz CT molecular complexity index is 894. The third-order valence-electron chi connectivity index (χ3n) is 4.64.